The summed E-state index contributed by atoms with van der Waals surface area (Å²) in [7, 11) is 0. The van der Waals surface area contributed by atoms with Crippen molar-refractivity contribution in [1.82, 2.24) is 9.38 Å². The molecule has 4 rings (SSSR count). The second kappa shape index (κ2) is 6.75. The Hall–Kier alpha value is -3.35. The van der Waals surface area contributed by atoms with E-state index in [1.807, 2.05) is 28.8 Å². The van der Waals surface area contributed by atoms with Gasteiger partial charge in [0.05, 0.1) is 16.9 Å². The first kappa shape index (κ1) is 17.1. The number of anilines is 2. The first-order chi connectivity index (χ1) is 13.0. The number of hydrogen-bond acceptors (Lipinski definition) is 4. The lowest BCUT2D eigenvalue weighted by Crippen LogP contribution is -2.26. The number of pyridine rings is 1. The number of rotatable bonds is 4. The number of amides is 2. The molecular formula is C20H20N4O3. The van der Waals surface area contributed by atoms with Gasteiger partial charge in [-0.1, -0.05) is 26.0 Å². The number of fused-ring (bicyclic) bond motifs is 2. The molecule has 0 bridgehead atoms. The molecule has 0 radical (unpaired) electrons. The van der Waals surface area contributed by atoms with Crippen molar-refractivity contribution in [1.29, 1.82) is 0 Å². The van der Waals surface area contributed by atoms with Crippen LogP contribution in [0.4, 0.5) is 11.4 Å². The number of nitrogens with one attached hydrogen (secondary N) is 2. The Labute approximate surface area is 156 Å². The molecule has 2 aromatic heterocycles. The molecule has 27 heavy (non-hydrogen) atoms. The number of carbonyl (C=O) groups is 2. The molecule has 0 fully saturated rings. The van der Waals surface area contributed by atoms with Crippen LogP contribution in [-0.4, -0.2) is 27.8 Å². The quantitative estimate of drug-likeness (QED) is 0.745. The molecule has 0 spiro atoms. The van der Waals surface area contributed by atoms with E-state index < -0.39 is 0 Å². The highest BCUT2D eigenvalue weighted by Gasteiger charge is 2.22. The van der Waals surface area contributed by atoms with Gasteiger partial charge in [-0.25, -0.2) is 4.98 Å². The molecule has 1 aliphatic heterocycles. The van der Waals surface area contributed by atoms with E-state index in [2.05, 4.69) is 29.5 Å². The standard InChI is InChI=1S/C20H20N4O3/c1-12(2)10-16-23-18(15-8-3-4-9-24(15)16)20(26)22-14-7-5-6-13-19(14)27-11-17(25)21-13/h3-9,12H,10-11H2,1-2H3,(H,21,25)(H,22,26). The minimum atomic E-state index is -0.317. The number of imidazole rings is 1. The number of carbonyl (C=O) groups excluding carboxylic acids is 2. The van der Waals surface area contributed by atoms with Gasteiger partial charge in [0.15, 0.2) is 18.1 Å². The van der Waals surface area contributed by atoms with E-state index in [0.717, 1.165) is 17.8 Å². The highest BCUT2D eigenvalue weighted by Crippen LogP contribution is 2.35. The summed E-state index contributed by atoms with van der Waals surface area (Å²) in [5, 5.41) is 5.60. The molecule has 0 saturated heterocycles. The van der Waals surface area contributed by atoms with Crippen molar-refractivity contribution >= 4 is 28.7 Å². The van der Waals surface area contributed by atoms with E-state index in [1.165, 1.54) is 0 Å². The number of hydrogen-bond donors (Lipinski definition) is 2. The largest absolute Gasteiger partial charge is 0.479 e. The summed E-state index contributed by atoms with van der Waals surface area (Å²) in [6, 6.07) is 10.9. The molecule has 3 aromatic rings. The SMILES string of the molecule is CC(C)Cc1nc(C(=O)Nc2cccc3c2OCC(=O)N3)c2ccccn12. The molecule has 2 amide bonds. The number of aromatic nitrogens is 2. The van der Waals surface area contributed by atoms with Crippen LogP contribution in [0, 0.1) is 5.92 Å². The van der Waals surface area contributed by atoms with Gasteiger partial charge in [-0.2, -0.15) is 0 Å². The molecule has 0 atom stereocenters. The van der Waals surface area contributed by atoms with Crippen LogP contribution >= 0.6 is 0 Å². The molecule has 7 heteroatoms. The molecular weight excluding hydrogens is 344 g/mol. The summed E-state index contributed by atoms with van der Waals surface area (Å²) in [5.41, 5.74) is 2.16. The third kappa shape index (κ3) is 3.23. The van der Waals surface area contributed by atoms with Crippen molar-refractivity contribution in [2.24, 2.45) is 5.92 Å². The Balaban J connectivity index is 1.69. The van der Waals surface area contributed by atoms with E-state index in [-0.39, 0.29) is 18.4 Å². The third-order valence-corrected chi connectivity index (χ3v) is 4.31. The normalized spacial score (nSPS) is 13.2. The lowest BCUT2D eigenvalue weighted by Gasteiger charge is -2.20. The highest BCUT2D eigenvalue weighted by atomic mass is 16.5. The topological polar surface area (TPSA) is 84.7 Å². The smallest absolute Gasteiger partial charge is 0.276 e. The zero-order valence-corrected chi connectivity index (χ0v) is 15.2. The third-order valence-electron chi connectivity index (χ3n) is 4.31. The predicted molar refractivity (Wildman–Crippen MR) is 102 cm³/mol. The molecule has 0 aliphatic carbocycles. The summed E-state index contributed by atoms with van der Waals surface area (Å²) in [4.78, 5) is 29.0. The summed E-state index contributed by atoms with van der Waals surface area (Å²) in [5.74, 6) is 1.19. The maximum atomic E-state index is 12.9. The maximum Gasteiger partial charge on any atom is 0.276 e. The van der Waals surface area contributed by atoms with Gasteiger partial charge in [-0.15, -0.1) is 0 Å². The first-order valence-corrected chi connectivity index (χ1v) is 8.86. The maximum absolute atomic E-state index is 12.9. The predicted octanol–water partition coefficient (Wildman–Crippen LogP) is 3.12. The van der Waals surface area contributed by atoms with Crippen LogP contribution < -0.4 is 15.4 Å². The second-order valence-electron chi connectivity index (χ2n) is 6.90. The number of ether oxygens (including phenoxy) is 1. The molecule has 3 heterocycles. The van der Waals surface area contributed by atoms with Crippen LogP contribution in [0.1, 0.15) is 30.2 Å². The fourth-order valence-corrected chi connectivity index (χ4v) is 3.17. The zero-order chi connectivity index (χ0) is 19.0. The van der Waals surface area contributed by atoms with Crippen LogP contribution in [0.15, 0.2) is 42.6 Å². The molecule has 0 saturated carbocycles. The van der Waals surface area contributed by atoms with E-state index in [0.29, 0.717) is 28.7 Å². The van der Waals surface area contributed by atoms with Gasteiger partial charge >= 0.3 is 0 Å². The molecule has 138 valence electrons. The number of benzene rings is 1. The number of para-hydroxylation sites is 1. The minimum absolute atomic E-state index is 0.0775. The molecule has 2 N–H and O–H groups in total. The Bertz CT molecular complexity index is 1040. The van der Waals surface area contributed by atoms with Crippen LogP contribution in [0.3, 0.4) is 0 Å². The number of nitrogens with zero attached hydrogens (tertiary/aromatic N) is 2. The van der Waals surface area contributed by atoms with Gasteiger partial charge in [-0.3, -0.25) is 9.59 Å². The van der Waals surface area contributed by atoms with Crippen molar-refractivity contribution in [2.75, 3.05) is 17.2 Å². The van der Waals surface area contributed by atoms with E-state index >= 15 is 0 Å². The van der Waals surface area contributed by atoms with Crippen molar-refractivity contribution in [3.8, 4) is 5.75 Å². The highest BCUT2D eigenvalue weighted by molar-refractivity contribution is 6.09. The zero-order valence-electron chi connectivity index (χ0n) is 15.2. The average molecular weight is 364 g/mol. The molecule has 1 aromatic carbocycles. The van der Waals surface area contributed by atoms with Crippen molar-refractivity contribution in [3.05, 3.63) is 54.1 Å². The summed E-state index contributed by atoms with van der Waals surface area (Å²) >= 11 is 0. The summed E-state index contributed by atoms with van der Waals surface area (Å²) in [6.07, 6.45) is 2.69. The Morgan fingerprint density at radius 2 is 2.15 bits per heavy atom. The van der Waals surface area contributed by atoms with Crippen LogP contribution in [0.5, 0.6) is 5.75 Å². The van der Waals surface area contributed by atoms with Gasteiger partial charge in [0, 0.05) is 12.6 Å². The van der Waals surface area contributed by atoms with Gasteiger partial charge in [0.1, 0.15) is 5.82 Å². The Kier molecular flexibility index (Phi) is 4.27. The summed E-state index contributed by atoms with van der Waals surface area (Å²) < 4.78 is 7.45. The van der Waals surface area contributed by atoms with Crippen LogP contribution in [0.2, 0.25) is 0 Å². The van der Waals surface area contributed by atoms with E-state index in [4.69, 9.17) is 4.74 Å². The van der Waals surface area contributed by atoms with E-state index in [9.17, 15) is 9.59 Å². The summed E-state index contributed by atoms with van der Waals surface area (Å²) in [6.45, 7) is 4.16. The molecule has 1 aliphatic rings. The lowest BCUT2D eigenvalue weighted by molar-refractivity contribution is -0.118. The molecule has 7 nitrogen and oxygen atoms in total. The fourth-order valence-electron chi connectivity index (χ4n) is 3.17. The van der Waals surface area contributed by atoms with Gasteiger partial charge in [-0.05, 0) is 30.2 Å². The first-order valence-electron chi connectivity index (χ1n) is 8.86. The van der Waals surface area contributed by atoms with Gasteiger partial charge in [0.25, 0.3) is 11.8 Å². The Morgan fingerprint density at radius 1 is 1.30 bits per heavy atom. The second-order valence-corrected chi connectivity index (χ2v) is 6.90. The van der Waals surface area contributed by atoms with Crippen LogP contribution in [0.25, 0.3) is 5.52 Å². The van der Waals surface area contributed by atoms with E-state index in [1.54, 1.807) is 18.2 Å². The van der Waals surface area contributed by atoms with Crippen molar-refractivity contribution in [2.45, 2.75) is 20.3 Å². The minimum Gasteiger partial charge on any atom is -0.479 e. The Morgan fingerprint density at radius 3 is 2.96 bits per heavy atom. The lowest BCUT2D eigenvalue weighted by atomic mass is 10.1. The van der Waals surface area contributed by atoms with Crippen molar-refractivity contribution in [3.63, 3.8) is 0 Å². The fraction of sp³-hybridized carbons (Fsp3) is 0.250. The average Bonchev–Trinajstić information content (AvgIpc) is 3.00. The van der Waals surface area contributed by atoms with Gasteiger partial charge < -0.3 is 19.8 Å². The molecule has 0 unspecified atom stereocenters. The van der Waals surface area contributed by atoms with Gasteiger partial charge in [0.2, 0.25) is 0 Å². The van der Waals surface area contributed by atoms with Crippen LogP contribution in [-0.2, 0) is 11.2 Å². The van der Waals surface area contributed by atoms with Crippen molar-refractivity contribution < 1.29 is 14.3 Å². The monoisotopic (exact) mass is 364 g/mol.